The molecule has 1 fully saturated rings. The maximum absolute atomic E-state index is 13.6. The predicted molar refractivity (Wildman–Crippen MR) is 139 cm³/mol. The number of nitrogens with zero attached hydrogens (tertiary/aromatic N) is 7. The number of ether oxygens (including phenoxy) is 1. The van der Waals surface area contributed by atoms with E-state index in [0.717, 1.165) is 28.9 Å². The van der Waals surface area contributed by atoms with Crippen molar-refractivity contribution >= 4 is 27.4 Å². The van der Waals surface area contributed by atoms with Gasteiger partial charge in [-0.1, -0.05) is 23.8 Å². The Bertz CT molecular complexity index is 1580. The second-order valence-corrected chi connectivity index (χ2v) is 12.3. The summed E-state index contributed by atoms with van der Waals surface area (Å²) in [5.74, 6) is -0.310. The van der Waals surface area contributed by atoms with Crippen molar-refractivity contribution in [3.05, 3.63) is 70.9 Å². The van der Waals surface area contributed by atoms with Crippen molar-refractivity contribution in [1.29, 1.82) is 0 Å². The molecule has 0 N–H and O–H groups in total. The van der Waals surface area contributed by atoms with Gasteiger partial charge in [-0.05, 0) is 55.2 Å². The zero-order valence-electron chi connectivity index (χ0n) is 20.7. The third-order valence-electron chi connectivity index (χ3n) is 7.01. The summed E-state index contributed by atoms with van der Waals surface area (Å²) < 4.78 is 50.1. The summed E-state index contributed by atoms with van der Waals surface area (Å²) in [7, 11) is -3.85. The average Bonchev–Trinajstić information content (AvgIpc) is 3.68. The lowest BCUT2D eigenvalue weighted by Crippen LogP contribution is -2.52. The van der Waals surface area contributed by atoms with E-state index in [-0.39, 0.29) is 24.0 Å². The first-order chi connectivity index (χ1) is 18.4. The number of fused-ring (bicyclic) bond motifs is 2. The van der Waals surface area contributed by atoms with Crippen LogP contribution in [0.4, 0.5) is 4.39 Å². The molecule has 1 saturated heterocycles. The minimum Gasteiger partial charge on any atom is -0.469 e. The van der Waals surface area contributed by atoms with Gasteiger partial charge in [0.1, 0.15) is 12.4 Å². The van der Waals surface area contributed by atoms with E-state index < -0.39 is 15.4 Å². The van der Waals surface area contributed by atoms with Crippen LogP contribution < -0.4 is 4.74 Å². The van der Waals surface area contributed by atoms with Crippen LogP contribution in [0.3, 0.4) is 0 Å². The number of aromatic nitrogens is 6. The van der Waals surface area contributed by atoms with Crippen LogP contribution in [0.1, 0.15) is 31.0 Å². The van der Waals surface area contributed by atoms with Gasteiger partial charge >= 0.3 is 0 Å². The van der Waals surface area contributed by atoms with Gasteiger partial charge in [0.05, 0.1) is 30.3 Å². The van der Waals surface area contributed by atoms with Crippen molar-refractivity contribution in [3.63, 3.8) is 0 Å². The first-order valence-electron chi connectivity index (χ1n) is 12.3. The number of hydrogen-bond acceptors (Lipinski definition) is 8. The minimum absolute atomic E-state index is 0.0463. The van der Waals surface area contributed by atoms with Crippen LogP contribution in [0, 0.1) is 11.2 Å². The van der Waals surface area contributed by atoms with Crippen LogP contribution in [-0.4, -0.2) is 62.2 Å². The third kappa shape index (κ3) is 4.44. The van der Waals surface area contributed by atoms with E-state index in [1.54, 1.807) is 29.2 Å². The molecule has 0 radical (unpaired) electrons. The van der Waals surface area contributed by atoms with Gasteiger partial charge in [-0.25, -0.2) is 22.5 Å². The van der Waals surface area contributed by atoms with Crippen molar-refractivity contribution in [3.8, 4) is 10.9 Å². The molecule has 13 heteroatoms. The van der Waals surface area contributed by atoms with Crippen molar-refractivity contribution < 1.29 is 17.5 Å². The van der Waals surface area contributed by atoms with Crippen LogP contribution in [0.15, 0.2) is 58.8 Å². The fraction of sp³-hybridized carbons (Fsp3) is 0.360. The number of thiazole rings is 1. The summed E-state index contributed by atoms with van der Waals surface area (Å²) >= 11 is 1.39. The van der Waals surface area contributed by atoms with E-state index in [1.807, 2.05) is 12.3 Å². The number of hydrogen-bond donors (Lipinski definition) is 0. The standard InChI is InChI=1S/C25H26FN7O3S2/c1-2-9-32-28-15-23(30-32)38(34,35)31-10-7-19-12-22-18(14-29-33(22)21-5-3-20(26)4-6-21)13-25(19,16-31)17-36-24-27-8-11-37-24/h3-6,8,11-12,14-15H,2,7,9-10,13,16-17H2,1H3. The van der Waals surface area contributed by atoms with Gasteiger partial charge in [-0.3, -0.25) is 0 Å². The van der Waals surface area contributed by atoms with Gasteiger partial charge in [-0.15, -0.1) is 5.10 Å². The summed E-state index contributed by atoms with van der Waals surface area (Å²) in [4.78, 5) is 5.66. The molecule has 1 atom stereocenters. The molecular weight excluding hydrogens is 529 g/mol. The van der Waals surface area contributed by atoms with Crippen LogP contribution >= 0.6 is 11.3 Å². The average molecular weight is 556 g/mol. The molecule has 2 aliphatic rings. The summed E-state index contributed by atoms with van der Waals surface area (Å²) in [6.07, 6.45) is 8.74. The summed E-state index contributed by atoms with van der Waals surface area (Å²) in [5.41, 5.74) is 3.11. The molecule has 4 heterocycles. The molecular formula is C25H26FN7O3S2. The Labute approximate surface area is 223 Å². The SMILES string of the molecule is CCCn1ncc(S(=O)(=O)N2CCC3=Cc4c(cnn4-c4ccc(F)cc4)CC3(COc3nccs3)C2)n1. The van der Waals surface area contributed by atoms with Crippen LogP contribution in [-0.2, 0) is 23.0 Å². The molecule has 1 aliphatic heterocycles. The molecule has 198 valence electrons. The van der Waals surface area contributed by atoms with Crippen LogP contribution in [0.5, 0.6) is 5.19 Å². The molecule has 0 amide bonds. The number of halogens is 1. The third-order valence-corrected chi connectivity index (χ3v) is 9.40. The molecule has 1 aromatic carbocycles. The van der Waals surface area contributed by atoms with E-state index in [9.17, 15) is 12.8 Å². The Morgan fingerprint density at radius 3 is 2.79 bits per heavy atom. The smallest absolute Gasteiger partial charge is 0.273 e. The van der Waals surface area contributed by atoms with E-state index in [4.69, 9.17) is 4.74 Å². The largest absolute Gasteiger partial charge is 0.469 e. The zero-order valence-corrected chi connectivity index (χ0v) is 22.3. The van der Waals surface area contributed by atoms with E-state index in [2.05, 4.69) is 26.4 Å². The van der Waals surface area contributed by atoms with E-state index >= 15 is 0 Å². The lowest BCUT2D eigenvalue weighted by molar-refractivity contribution is 0.124. The normalized spacial score (nSPS) is 19.6. The number of piperidine rings is 1. The Balaban J connectivity index is 1.35. The highest BCUT2D eigenvalue weighted by Crippen LogP contribution is 2.45. The Morgan fingerprint density at radius 1 is 1.18 bits per heavy atom. The van der Waals surface area contributed by atoms with Gasteiger partial charge in [-0.2, -0.15) is 19.3 Å². The molecule has 10 nitrogen and oxygen atoms in total. The van der Waals surface area contributed by atoms with Gasteiger partial charge in [0, 0.05) is 30.1 Å². The fourth-order valence-corrected chi connectivity index (χ4v) is 7.02. The topological polar surface area (TPSA) is 108 Å². The molecule has 0 spiro atoms. The molecule has 4 aromatic rings. The van der Waals surface area contributed by atoms with Crippen LogP contribution in [0.2, 0.25) is 0 Å². The number of sulfonamides is 1. The monoisotopic (exact) mass is 555 g/mol. The van der Waals surface area contributed by atoms with Gasteiger partial charge < -0.3 is 4.74 Å². The van der Waals surface area contributed by atoms with Gasteiger partial charge in [0.25, 0.3) is 15.2 Å². The lowest BCUT2D eigenvalue weighted by Gasteiger charge is -2.45. The first kappa shape index (κ1) is 24.9. The molecule has 1 aliphatic carbocycles. The highest BCUT2D eigenvalue weighted by molar-refractivity contribution is 7.89. The van der Waals surface area contributed by atoms with Crippen molar-refractivity contribution in [2.75, 3.05) is 19.7 Å². The highest BCUT2D eigenvalue weighted by atomic mass is 32.2. The van der Waals surface area contributed by atoms with E-state index in [0.29, 0.717) is 31.1 Å². The van der Waals surface area contributed by atoms with Crippen LogP contribution in [0.25, 0.3) is 11.8 Å². The Kier molecular flexibility index (Phi) is 6.36. The summed E-state index contributed by atoms with van der Waals surface area (Å²) in [6, 6.07) is 6.20. The number of benzene rings is 1. The molecule has 1 unspecified atom stereocenters. The second kappa shape index (κ2) is 9.71. The number of aryl methyl sites for hydroxylation is 1. The zero-order chi connectivity index (χ0) is 26.3. The first-order valence-corrected chi connectivity index (χ1v) is 14.7. The number of rotatable bonds is 8. The molecule has 3 aromatic heterocycles. The van der Waals surface area contributed by atoms with Crippen molar-refractivity contribution in [1.82, 2.24) is 34.1 Å². The Hall–Kier alpha value is -3.42. The van der Waals surface area contributed by atoms with Gasteiger partial charge in [0.2, 0.25) is 5.03 Å². The molecule has 6 rings (SSSR count). The Morgan fingerprint density at radius 2 is 2.03 bits per heavy atom. The maximum Gasteiger partial charge on any atom is 0.273 e. The predicted octanol–water partition coefficient (Wildman–Crippen LogP) is 3.57. The summed E-state index contributed by atoms with van der Waals surface area (Å²) in [6.45, 7) is 3.34. The second-order valence-electron chi connectivity index (χ2n) is 9.52. The van der Waals surface area contributed by atoms with Crippen molar-refractivity contribution in [2.24, 2.45) is 5.41 Å². The minimum atomic E-state index is -3.85. The van der Waals surface area contributed by atoms with Crippen molar-refractivity contribution in [2.45, 2.75) is 37.8 Å². The molecule has 0 saturated carbocycles. The lowest BCUT2D eigenvalue weighted by atomic mass is 9.69. The summed E-state index contributed by atoms with van der Waals surface area (Å²) in [5, 5.41) is 15.3. The molecule has 38 heavy (non-hydrogen) atoms. The quantitative estimate of drug-likeness (QED) is 0.327. The maximum atomic E-state index is 13.6. The highest BCUT2D eigenvalue weighted by Gasteiger charge is 2.47. The molecule has 0 bridgehead atoms. The van der Waals surface area contributed by atoms with E-state index in [1.165, 1.54) is 38.8 Å². The van der Waals surface area contributed by atoms with Gasteiger partial charge in [0.15, 0.2) is 0 Å². The fourth-order valence-electron chi connectivity index (χ4n) is 5.14.